The first-order chi connectivity index (χ1) is 10.1. The van der Waals surface area contributed by atoms with E-state index in [1.165, 1.54) is 5.56 Å². The van der Waals surface area contributed by atoms with Gasteiger partial charge in [0, 0.05) is 13.2 Å². The molecule has 1 unspecified atom stereocenters. The molecule has 1 atom stereocenters. The van der Waals surface area contributed by atoms with E-state index in [1.807, 2.05) is 26.8 Å². The van der Waals surface area contributed by atoms with Crippen LogP contribution in [0.2, 0.25) is 0 Å². The molecule has 0 saturated heterocycles. The molecule has 0 fully saturated rings. The van der Waals surface area contributed by atoms with E-state index in [4.69, 9.17) is 13.9 Å². The van der Waals surface area contributed by atoms with E-state index in [2.05, 4.69) is 37.8 Å². The molecule has 0 heterocycles. The summed E-state index contributed by atoms with van der Waals surface area (Å²) in [6.07, 6.45) is 2.90. The van der Waals surface area contributed by atoms with Gasteiger partial charge in [-0.05, 0) is 38.3 Å². The second-order valence-electron chi connectivity index (χ2n) is 5.08. The molecule has 1 aromatic rings. The first-order valence-corrected chi connectivity index (χ1v) is 8.98. The average molecular weight is 308 g/mol. The van der Waals surface area contributed by atoms with E-state index in [0.717, 1.165) is 12.0 Å². The van der Waals surface area contributed by atoms with E-state index in [1.54, 1.807) is 0 Å². The van der Waals surface area contributed by atoms with E-state index in [0.29, 0.717) is 13.2 Å². The average Bonchev–Trinajstić information content (AvgIpc) is 2.49. The van der Waals surface area contributed by atoms with Crippen LogP contribution in [0.3, 0.4) is 0 Å². The van der Waals surface area contributed by atoms with Crippen LogP contribution in [0, 0.1) is 0 Å². The smallest absolute Gasteiger partial charge is 0.228 e. The third kappa shape index (κ3) is 5.75. The standard InChI is InChI=1S/C17H28O3Si/c1-6-14-10-12-15(13-11-14)16(7-2)20-21-17(5,18-8-3)19-9-4/h6,10-13,16H,1,7-9,21H2,2-5H3. The lowest BCUT2D eigenvalue weighted by atomic mass is 10.1. The SMILES string of the molecule is C=Cc1ccc(C(CC)O[SiH2]C(C)(OCC)OCC)cc1. The third-order valence-electron chi connectivity index (χ3n) is 3.36. The van der Waals surface area contributed by atoms with Crippen molar-refractivity contribution in [2.24, 2.45) is 0 Å². The number of ether oxygens (including phenoxy) is 2. The maximum absolute atomic E-state index is 6.18. The summed E-state index contributed by atoms with van der Waals surface area (Å²) in [6.45, 7) is 13.1. The van der Waals surface area contributed by atoms with Crippen molar-refractivity contribution < 1.29 is 13.9 Å². The summed E-state index contributed by atoms with van der Waals surface area (Å²) in [5, 5.41) is 0. The van der Waals surface area contributed by atoms with Crippen LogP contribution in [0.25, 0.3) is 6.08 Å². The topological polar surface area (TPSA) is 27.7 Å². The summed E-state index contributed by atoms with van der Waals surface area (Å²) in [4.78, 5) is 0. The first-order valence-electron chi connectivity index (χ1n) is 7.70. The molecule has 0 amide bonds. The summed E-state index contributed by atoms with van der Waals surface area (Å²) in [5.41, 5.74) is 1.78. The predicted molar refractivity (Wildman–Crippen MR) is 90.9 cm³/mol. The minimum absolute atomic E-state index is 0.107. The van der Waals surface area contributed by atoms with Crippen molar-refractivity contribution in [3.8, 4) is 0 Å². The lowest BCUT2D eigenvalue weighted by Crippen LogP contribution is -2.41. The van der Waals surface area contributed by atoms with Crippen molar-refractivity contribution in [1.29, 1.82) is 0 Å². The van der Waals surface area contributed by atoms with Crippen molar-refractivity contribution in [2.45, 2.75) is 45.6 Å². The lowest BCUT2D eigenvalue weighted by Gasteiger charge is -2.30. The molecule has 0 N–H and O–H groups in total. The summed E-state index contributed by atoms with van der Waals surface area (Å²) < 4.78 is 17.7. The Morgan fingerprint density at radius 3 is 2.14 bits per heavy atom. The zero-order valence-electron chi connectivity index (χ0n) is 13.7. The van der Waals surface area contributed by atoms with Crippen molar-refractivity contribution in [3.63, 3.8) is 0 Å². The molecule has 118 valence electrons. The molecule has 0 aliphatic rings. The van der Waals surface area contributed by atoms with E-state index in [-0.39, 0.29) is 6.10 Å². The fourth-order valence-electron chi connectivity index (χ4n) is 2.28. The Bertz CT molecular complexity index is 411. The van der Waals surface area contributed by atoms with Gasteiger partial charge in [0.05, 0.1) is 6.10 Å². The van der Waals surface area contributed by atoms with Crippen LogP contribution < -0.4 is 0 Å². The van der Waals surface area contributed by atoms with Gasteiger partial charge in [-0.15, -0.1) is 0 Å². The Morgan fingerprint density at radius 2 is 1.71 bits per heavy atom. The Kier molecular flexibility index (Phi) is 7.89. The summed E-state index contributed by atoms with van der Waals surface area (Å²) in [6, 6.07) is 8.36. The molecule has 4 heteroatoms. The van der Waals surface area contributed by atoms with E-state index >= 15 is 0 Å². The minimum Gasteiger partial charge on any atom is -0.411 e. The van der Waals surface area contributed by atoms with Gasteiger partial charge >= 0.3 is 0 Å². The van der Waals surface area contributed by atoms with Crippen LogP contribution in [0.4, 0.5) is 0 Å². The number of hydrogen-bond donors (Lipinski definition) is 0. The second kappa shape index (κ2) is 9.15. The maximum atomic E-state index is 6.18. The molecule has 3 nitrogen and oxygen atoms in total. The molecular weight excluding hydrogens is 280 g/mol. The van der Waals surface area contributed by atoms with Crippen molar-refractivity contribution in [1.82, 2.24) is 0 Å². The second-order valence-corrected chi connectivity index (χ2v) is 6.98. The van der Waals surface area contributed by atoms with Gasteiger partial charge in [-0.1, -0.05) is 43.8 Å². The Labute approximate surface area is 131 Å². The highest BCUT2D eigenvalue weighted by Gasteiger charge is 2.28. The van der Waals surface area contributed by atoms with Gasteiger partial charge in [0.2, 0.25) is 9.76 Å². The fourth-order valence-corrected chi connectivity index (χ4v) is 3.79. The normalized spacial score (nSPS) is 13.7. The molecule has 21 heavy (non-hydrogen) atoms. The Morgan fingerprint density at radius 1 is 1.14 bits per heavy atom. The van der Waals surface area contributed by atoms with Gasteiger partial charge in [0.15, 0.2) is 5.41 Å². The van der Waals surface area contributed by atoms with Crippen LogP contribution in [0.5, 0.6) is 0 Å². The molecule has 0 aliphatic heterocycles. The van der Waals surface area contributed by atoms with Crippen LogP contribution in [-0.4, -0.2) is 28.4 Å². The maximum Gasteiger partial charge on any atom is 0.228 e. The highest BCUT2D eigenvalue weighted by molar-refractivity contribution is 6.30. The Hall–Kier alpha value is -0.943. The van der Waals surface area contributed by atoms with E-state index < -0.39 is 15.2 Å². The summed E-state index contributed by atoms with van der Waals surface area (Å²) in [7, 11) is -0.975. The third-order valence-corrected chi connectivity index (χ3v) is 4.86. The predicted octanol–water partition coefficient (Wildman–Crippen LogP) is 3.63. The summed E-state index contributed by atoms with van der Waals surface area (Å²) in [5.74, 6) is 0. The molecule has 0 bridgehead atoms. The number of benzene rings is 1. The van der Waals surface area contributed by atoms with Gasteiger partial charge in [-0.3, -0.25) is 0 Å². The van der Waals surface area contributed by atoms with Crippen molar-refractivity contribution in [2.75, 3.05) is 13.2 Å². The van der Waals surface area contributed by atoms with Crippen LogP contribution >= 0.6 is 0 Å². The molecule has 0 aromatic heterocycles. The van der Waals surface area contributed by atoms with Gasteiger partial charge < -0.3 is 13.9 Å². The molecule has 0 spiro atoms. The first kappa shape index (κ1) is 18.1. The van der Waals surface area contributed by atoms with Gasteiger partial charge in [-0.2, -0.15) is 0 Å². The van der Waals surface area contributed by atoms with Crippen LogP contribution in [0.1, 0.15) is 51.3 Å². The number of hydrogen-bond acceptors (Lipinski definition) is 3. The molecule has 0 radical (unpaired) electrons. The van der Waals surface area contributed by atoms with Gasteiger partial charge in [0.25, 0.3) is 0 Å². The zero-order valence-corrected chi connectivity index (χ0v) is 15.1. The van der Waals surface area contributed by atoms with Gasteiger partial charge in [0.1, 0.15) is 0 Å². The van der Waals surface area contributed by atoms with Crippen molar-refractivity contribution in [3.05, 3.63) is 42.0 Å². The molecule has 0 saturated carbocycles. The Balaban J connectivity index is 2.69. The molecule has 1 rings (SSSR count). The van der Waals surface area contributed by atoms with Gasteiger partial charge in [-0.25, -0.2) is 0 Å². The van der Waals surface area contributed by atoms with Crippen LogP contribution in [0.15, 0.2) is 30.8 Å². The largest absolute Gasteiger partial charge is 0.411 e. The van der Waals surface area contributed by atoms with Crippen molar-refractivity contribution >= 4 is 15.8 Å². The van der Waals surface area contributed by atoms with Crippen LogP contribution in [-0.2, 0) is 13.9 Å². The minimum atomic E-state index is -0.975. The highest BCUT2D eigenvalue weighted by atomic mass is 28.2. The molecular formula is C17H28O3Si. The number of rotatable bonds is 10. The highest BCUT2D eigenvalue weighted by Crippen LogP contribution is 2.23. The van der Waals surface area contributed by atoms with E-state index in [9.17, 15) is 0 Å². The monoisotopic (exact) mass is 308 g/mol. The molecule has 1 aromatic carbocycles. The fraction of sp³-hybridized carbons (Fsp3) is 0.529. The quantitative estimate of drug-likeness (QED) is 0.488. The lowest BCUT2D eigenvalue weighted by molar-refractivity contribution is -0.171. The molecule has 0 aliphatic carbocycles. The summed E-state index contributed by atoms with van der Waals surface area (Å²) >= 11 is 0. The zero-order chi connectivity index (χ0) is 15.7.